The number of carbonyl (C=O) groups is 1. The molecule has 0 saturated carbocycles. The van der Waals surface area contributed by atoms with Crippen molar-refractivity contribution in [1.29, 1.82) is 0 Å². The predicted molar refractivity (Wildman–Crippen MR) is 49.1 cm³/mol. The van der Waals surface area contributed by atoms with Crippen molar-refractivity contribution in [2.45, 2.75) is 6.61 Å². The molecule has 0 bridgehead atoms. The topological polar surface area (TPSA) is 46.5 Å². The van der Waals surface area contributed by atoms with Crippen LogP contribution in [0.1, 0.15) is 15.9 Å². The molecule has 1 aromatic rings. The summed E-state index contributed by atoms with van der Waals surface area (Å²) >= 11 is 5.29. The van der Waals surface area contributed by atoms with Crippen LogP contribution in [0.5, 0.6) is 5.75 Å². The monoisotopic (exact) mass is 200 g/mol. The Kier molecular flexibility index (Phi) is 3.28. The molecule has 1 aromatic carbocycles. The van der Waals surface area contributed by atoms with Crippen molar-refractivity contribution < 1.29 is 14.6 Å². The summed E-state index contributed by atoms with van der Waals surface area (Å²) in [6.45, 7) is -0.231. The van der Waals surface area contributed by atoms with Gasteiger partial charge in [0.15, 0.2) is 0 Å². The molecule has 0 aliphatic carbocycles. The van der Waals surface area contributed by atoms with Gasteiger partial charge in [0, 0.05) is 5.56 Å². The zero-order valence-corrected chi connectivity index (χ0v) is 7.84. The SMILES string of the molecule is COc1ccc(C(=O)Cl)c(CO)c1. The van der Waals surface area contributed by atoms with E-state index in [1.165, 1.54) is 13.2 Å². The minimum Gasteiger partial charge on any atom is -0.497 e. The van der Waals surface area contributed by atoms with E-state index in [4.69, 9.17) is 21.4 Å². The number of aliphatic hydroxyl groups excluding tert-OH is 1. The molecule has 0 amide bonds. The molecule has 0 heterocycles. The molecule has 0 unspecified atom stereocenters. The third kappa shape index (κ3) is 2.20. The Balaban J connectivity index is 3.15. The molecule has 0 aliphatic heterocycles. The highest BCUT2D eigenvalue weighted by Gasteiger charge is 2.08. The number of rotatable bonds is 3. The minimum atomic E-state index is -0.577. The van der Waals surface area contributed by atoms with Gasteiger partial charge in [-0.3, -0.25) is 4.79 Å². The van der Waals surface area contributed by atoms with E-state index < -0.39 is 5.24 Å². The average Bonchev–Trinajstić information content (AvgIpc) is 2.16. The standard InChI is InChI=1S/C9H9ClO3/c1-13-7-2-3-8(9(10)12)6(4-7)5-11/h2-4,11H,5H2,1H3. The van der Waals surface area contributed by atoms with E-state index in [0.717, 1.165) is 0 Å². The summed E-state index contributed by atoms with van der Waals surface area (Å²) in [5.41, 5.74) is 0.782. The molecule has 0 aromatic heterocycles. The lowest BCUT2D eigenvalue weighted by Gasteiger charge is -2.05. The Morgan fingerprint density at radius 1 is 1.62 bits per heavy atom. The lowest BCUT2D eigenvalue weighted by Crippen LogP contribution is -1.98. The Labute approximate surface area is 80.9 Å². The zero-order valence-electron chi connectivity index (χ0n) is 7.08. The van der Waals surface area contributed by atoms with Gasteiger partial charge in [0.2, 0.25) is 0 Å². The summed E-state index contributed by atoms with van der Waals surface area (Å²) in [6.07, 6.45) is 0. The molecule has 13 heavy (non-hydrogen) atoms. The van der Waals surface area contributed by atoms with E-state index >= 15 is 0 Å². The maximum atomic E-state index is 10.8. The van der Waals surface area contributed by atoms with E-state index in [2.05, 4.69) is 0 Å². The first kappa shape index (κ1) is 10.0. The molecule has 0 saturated heterocycles. The molecular formula is C9H9ClO3. The Bertz CT molecular complexity index is 323. The third-order valence-corrected chi connectivity index (χ3v) is 1.90. The number of hydrogen-bond donors (Lipinski definition) is 1. The van der Waals surface area contributed by atoms with E-state index in [1.807, 2.05) is 0 Å². The molecule has 4 heteroatoms. The van der Waals surface area contributed by atoms with Crippen LogP contribution in [0.3, 0.4) is 0 Å². The first-order chi connectivity index (χ1) is 6.19. The highest BCUT2D eigenvalue weighted by molar-refractivity contribution is 6.67. The summed E-state index contributed by atoms with van der Waals surface area (Å²) in [5, 5.41) is 8.34. The summed E-state index contributed by atoms with van der Waals surface area (Å²) in [5.74, 6) is 0.589. The van der Waals surface area contributed by atoms with E-state index in [-0.39, 0.29) is 6.61 Å². The van der Waals surface area contributed by atoms with Crippen LogP contribution in [0.4, 0.5) is 0 Å². The summed E-state index contributed by atoms with van der Waals surface area (Å²) in [7, 11) is 1.51. The number of ether oxygens (including phenoxy) is 1. The Hall–Kier alpha value is -1.06. The molecule has 0 fully saturated rings. The average molecular weight is 201 g/mol. The van der Waals surface area contributed by atoms with Crippen LogP contribution in [0, 0.1) is 0 Å². The second-order valence-corrected chi connectivity index (χ2v) is 2.80. The summed E-state index contributed by atoms with van der Waals surface area (Å²) in [6, 6.07) is 4.73. The molecule has 0 atom stereocenters. The number of carbonyl (C=O) groups excluding carboxylic acids is 1. The van der Waals surface area contributed by atoms with Crippen molar-refractivity contribution in [1.82, 2.24) is 0 Å². The highest BCUT2D eigenvalue weighted by atomic mass is 35.5. The quantitative estimate of drug-likeness (QED) is 0.754. The van der Waals surface area contributed by atoms with E-state index in [1.54, 1.807) is 12.1 Å². The van der Waals surface area contributed by atoms with Crippen LogP contribution in [0.2, 0.25) is 0 Å². The summed E-state index contributed by atoms with van der Waals surface area (Å²) in [4.78, 5) is 10.8. The fourth-order valence-corrected chi connectivity index (χ4v) is 1.20. The second-order valence-electron chi connectivity index (χ2n) is 2.45. The number of aliphatic hydroxyl groups is 1. The first-order valence-corrected chi connectivity index (χ1v) is 4.04. The third-order valence-electron chi connectivity index (χ3n) is 1.69. The normalized spacial score (nSPS) is 9.77. The molecule has 3 nitrogen and oxygen atoms in total. The van der Waals surface area contributed by atoms with Crippen molar-refractivity contribution in [2.24, 2.45) is 0 Å². The van der Waals surface area contributed by atoms with Crippen LogP contribution >= 0.6 is 11.6 Å². The second kappa shape index (κ2) is 4.25. The lowest BCUT2D eigenvalue weighted by molar-refractivity contribution is 0.107. The smallest absolute Gasteiger partial charge is 0.252 e. The highest BCUT2D eigenvalue weighted by Crippen LogP contribution is 2.19. The van der Waals surface area contributed by atoms with Crippen molar-refractivity contribution >= 4 is 16.8 Å². The van der Waals surface area contributed by atoms with Crippen molar-refractivity contribution in [2.75, 3.05) is 7.11 Å². The fourth-order valence-electron chi connectivity index (χ4n) is 1.02. The van der Waals surface area contributed by atoms with Gasteiger partial charge in [-0.2, -0.15) is 0 Å². The molecule has 0 radical (unpaired) electrons. The van der Waals surface area contributed by atoms with Gasteiger partial charge in [-0.15, -0.1) is 0 Å². The van der Waals surface area contributed by atoms with E-state index in [9.17, 15) is 4.79 Å². The fraction of sp³-hybridized carbons (Fsp3) is 0.222. The molecule has 0 aliphatic rings. The maximum Gasteiger partial charge on any atom is 0.252 e. The van der Waals surface area contributed by atoms with Gasteiger partial charge < -0.3 is 9.84 Å². The lowest BCUT2D eigenvalue weighted by atomic mass is 10.1. The maximum absolute atomic E-state index is 10.8. The van der Waals surface area contributed by atoms with Gasteiger partial charge in [-0.25, -0.2) is 0 Å². The van der Waals surface area contributed by atoms with Gasteiger partial charge in [-0.05, 0) is 35.4 Å². The zero-order chi connectivity index (χ0) is 9.84. The molecular weight excluding hydrogens is 192 g/mol. The Morgan fingerprint density at radius 2 is 2.31 bits per heavy atom. The van der Waals surface area contributed by atoms with Crippen molar-refractivity contribution in [3.63, 3.8) is 0 Å². The van der Waals surface area contributed by atoms with Crippen LogP contribution < -0.4 is 4.74 Å². The molecule has 0 spiro atoms. The van der Waals surface area contributed by atoms with Crippen molar-refractivity contribution in [3.05, 3.63) is 29.3 Å². The number of halogens is 1. The molecule has 1 rings (SSSR count). The number of hydrogen-bond acceptors (Lipinski definition) is 3. The first-order valence-electron chi connectivity index (χ1n) is 3.66. The Morgan fingerprint density at radius 3 is 2.77 bits per heavy atom. The van der Waals surface area contributed by atoms with Gasteiger partial charge in [0.25, 0.3) is 5.24 Å². The molecule has 1 N–H and O–H groups in total. The number of methoxy groups -OCH3 is 1. The van der Waals surface area contributed by atoms with Crippen molar-refractivity contribution in [3.8, 4) is 5.75 Å². The van der Waals surface area contributed by atoms with Gasteiger partial charge in [0.1, 0.15) is 5.75 Å². The molecule has 70 valence electrons. The van der Waals surface area contributed by atoms with Crippen LogP contribution in [0.25, 0.3) is 0 Å². The number of benzene rings is 1. The van der Waals surface area contributed by atoms with E-state index in [0.29, 0.717) is 16.9 Å². The van der Waals surface area contributed by atoms with Gasteiger partial charge >= 0.3 is 0 Å². The van der Waals surface area contributed by atoms with Gasteiger partial charge in [-0.1, -0.05) is 0 Å². The van der Waals surface area contributed by atoms with Crippen LogP contribution in [-0.2, 0) is 6.61 Å². The van der Waals surface area contributed by atoms with Gasteiger partial charge in [0.05, 0.1) is 13.7 Å². The predicted octanol–water partition coefficient (Wildman–Crippen LogP) is 1.57. The largest absolute Gasteiger partial charge is 0.497 e. The summed E-state index contributed by atoms with van der Waals surface area (Å²) < 4.78 is 4.93. The van der Waals surface area contributed by atoms with Crippen LogP contribution in [0.15, 0.2) is 18.2 Å². The minimum absolute atomic E-state index is 0.231. The van der Waals surface area contributed by atoms with Crippen LogP contribution in [-0.4, -0.2) is 17.5 Å².